The number of nitro groups is 1. The van der Waals surface area contributed by atoms with Crippen molar-refractivity contribution in [3.63, 3.8) is 0 Å². The summed E-state index contributed by atoms with van der Waals surface area (Å²) in [6.07, 6.45) is 2.93. The van der Waals surface area contributed by atoms with Crippen molar-refractivity contribution >= 4 is 34.1 Å². The molecule has 1 aliphatic rings. The zero-order valence-corrected chi connectivity index (χ0v) is 15.8. The molecule has 0 saturated carbocycles. The van der Waals surface area contributed by atoms with Gasteiger partial charge in [0.05, 0.1) is 10.6 Å². The molecule has 4 rings (SSSR count). The van der Waals surface area contributed by atoms with Gasteiger partial charge in [-0.2, -0.15) is 0 Å². The van der Waals surface area contributed by atoms with Crippen LogP contribution in [0.3, 0.4) is 0 Å². The number of ether oxygens (including phenoxy) is 2. The van der Waals surface area contributed by atoms with Gasteiger partial charge < -0.3 is 9.47 Å². The maximum Gasteiger partial charge on any atom is 0.269 e. The molecular weight excluding hydrogens is 394 g/mol. The molecule has 0 radical (unpaired) electrons. The van der Waals surface area contributed by atoms with Gasteiger partial charge in [-0.3, -0.25) is 20.2 Å². The molecule has 1 aromatic heterocycles. The number of nitrogens with zero attached hydrogens (tertiary/aromatic N) is 2. The predicted octanol–water partition coefficient (Wildman–Crippen LogP) is 4.14. The molecule has 0 unspecified atom stereocenters. The van der Waals surface area contributed by atoms with E-state index >= 15 is 0 Å². The molecule has 2 aromatic carbocycles. The summed E-state index contributed by atoms with van der Waals surface area (Å²) in [6.45, 7) is 1.04. The van der Waals surface area contributed by atoms with Crippen LogP contribution in [0.2, 0.25) is 0 Å². The van der Waals surface area contributed by atoms with Gasteiger partial charge >= 0.3 is 0 Å². The molecule has 29 heavy (non-hydrogen) atoms. The zero-order chi connectivity index (χ0) is 20.2. The Morgan fingerprint density at radius 2 is 1.90 bits per heavy atom. The van der Waals surface area contributed by atoms with Crippen molar-refractivity contribution in [3.8, 4) is 22.8 Å². The van der Waals surface area contributed by atoms with E-state index in [2.05, 4.69) is 10.3 Å². The van der Waals surface area contributed by atoms with Gasteiger partial charge in [0, 0.05) is 29.2 Å². The highest BCUT2D eigenvalue weighted by molar-refractivity contribution is 7.14. The van der Waals surface area contributed by atoms with Crippen LogP contribution < -0.4 is 14.8 Å². The Hall–Kier alpha value is -3.72. The summed E-state index contributed by atoms with van der Waals surface area (Å²) in [4.78, 5) is 26.7. The van der Waals surface area contributed by atoms with Crippen molar-refractivity contribution in [2.45, 2.75) is 0 Å². The number of nitro benzene ring substituents is 1. The molecule has 9 heteroatoms. The second-order valence-electron chi connectivity index (χ2n) is 6.07. The number of aromatic nitrogens is 1. The summed E-state index contributed by atoms with van der Waals surface area (Å²) in [7, 11) is 0. The number of hydrogen-bond acceptors (Lipinski definition) is 7. The van der Waals surface area contributed by atoms with Crippen LogP contribution in [-0.4, -0.2) is 29.0 Å². The fourth-order valence-corrected chi connectivity index (χ4v) is 3.42. The number of benzene rings is 2. The Bertz CT molecular complexity index is 1090. The van der Waals surface area contributed by atoms with Crippen LogP contribution in [0.5, 0.6) is 11.5 Å². The lowest BCUT2D eigenvalue weighted by Gasteiger charge is -2.18. The molecule has 0 spiro atoms. The lowest BCUT2D eigenvalue weighted by molar-refractivity contribution is -0.384. The van der Waals surface area contributed by atoms with Gasteiger partial charge in [0.15, 0.2) is 16.6 Å². The van der Waals surface area contributed by atoms with E-state index in [1.807, 2.05) is 23.6 Å². The van der Waals surface area contributed by atoms with E-state index in [1.165, 1.54) is 29.5 Å². The summed E-state index contributed by atoms with van der Waals surface area (Å²) >= 11 is 1.31. The van der Waals surface area contributed by atoms with Gasteiger partial charge in [0.25, 0.3) is 5.69 Å². The Morgan fingerprint density at radius 3 is 2.66 bits per heavy atom. The topological polar surface area (TPSA) is 104 Å². The van der Waals surface area contributed by atoms with E-state index < -0.39 is 4.92 Å². The number of carbonyl (C=O) groups is 1. The third kappa shape index (κ3) is 4.41. The lowest BCUT2D eigenvalue weighted by atomic mass is 10.1. The third-order valence-corrected chi connectivity index (χ3v) is 4.86. The molecule has 8 nitrogen and oxygen atoms in total. The van der Waals surface area contributed by atoms with Crippen molar-refractivity contribution in [1.29, 1.82) is 0 Å². The first-order chi connectivity index (χ1) is 14.1. The molecule has 2 heterocycles. The standard InChI is InChI=1S/C20H15N3O5S/c24-19(8-3-13-1-5-15(6-2-13)23(25)26)22-20-21-16(12-29-20)14-4-7-17-18(11-14)28-10-9-27-17/h1-8,11-12H,9-10H2,(H,21,22,24)/b8-3+. The minimum atomic E-state index is -0.470. The Kier molecular flexibility index (Phi) is 5.21. The fraction of sp³-hybridized carbons (Fsp3) is 0.100. The Balaban J connectivity index is 1.41. The van der Waals surface area contributed by atoms with Gasteiger partial charge in [-0.25, -0.2) is 4.98 Å². The Morgan fingerprint density at radius 1 is 1.14 bits per heavy atom. The highest BCUT2D eigenvalue weighted by atomic mass is 32.1. The van der Waals surface area contributed by atoms with Crippen LogP contribution in [0.15, 0.2) is 53.9 Å². The monoisotopic (exact) mass is 409 g/mol. The minimum absolute atomic E-state index is 0.000979. The van der Waals surface area contributed by atoms with E-state index in [0.29, 0.717) is 35.4 Å². The van der Waals surface area contributed by atoms with Gasteiger partial charge in [0.1, 0.15) is 13.2 Å². The van der Waals surface area contributed by atoms with Gasteiger partial charge in [-0.15, -0.1) is 11.3 Å². The molecule has 0 saturated heterocycles. The average Bonchev–Trinajstić information content (AvgIpc) is 3.20. The Labute approximate surface area is 169 Å². The van der Waals surface area contributed by atoms with E-state index in [9.17, 15) is 14.9 Å². The van der Waals surface area contributed by atoms with E-state index in [-0.39, 0.29) is 11.6 Å². The van der Waals surface area contributed by atoms with E-state index in [4.69, 9.17) is 9.47 Å². The van der Waals surface area contributed by atoms with E-state index in [1.54, 1.807) is 18.2 Å². The number of nitrogens with one attached hydrogen (secondary N) is 1. The third-order valence-electron chi connectivity index (χ3n) is 4.10. The second-order valence-corrected chi connectivity index (χ2v) is 6.93. The van der Waals surface area contributed by atoms with Crippen molar-refractivity contribution in [2.75, 3.05) is 18.5 Å². The number of thiazole rings is 1. The number of rotatable bonds is 5. The molecule has 0 bridgehead atoms. The van der Waals surface area contributed by atoms with Crippen LogP contribution in [-0.2, 0) is 4.79 Å². The number of non-ortho nitro benzene ring substituents is 1. The molecule has 0 aliphatic carbocycles. The lowest BCUT2D eigenvalue weighted by Crippen LogP contribution is -2.15. The highest BCUT2D eigenvalue weighted by Crippen LogP contribution is 2.35. The first-order valence-electron chi connectivity index (χ1n) is 8.67. The van der Waals surface area contributed by atoms with Gasteiger partial charge in [0.2, 0.25) is 5.91 Å². The van der Waals surface area contributed by atoms with Crippen LogP contribution in [0, 0.1) is 10.1 Å². The SMILES string of the molecule is O=C(/C=C/c1ccc([N+](=O)[O-])cc1)Nc1nc(-c2ccc3c(c2)OCCO3)cs1. The fourth-order valence-electron chi connectivity index (χ4n) is 2.69. The summed E-state index contributed by atoms with van der Waals surface area (Å²) in [6, 6.07) is 11.5. The second kappa shape index (κ2) is 8.11. The van der Waals surface area contributed by atoms with Crippen LogP contribution in [0.1, 0.15) is 5.56 Å². The van der Waals surface area contributed by atoms with Crippen LogP contribution >= 0.6 is 11.3 Å². The molecule has 3 aromatic rings. The van der Waals surface area contributed by atoms with Gasteiger partial charge in [-0.05, 0) is 42.0 Å². The predicted molar refractivity (Wildman–Crippen MR) is 109 cm³/mol. The van der Waals surface area contributed by atoms with Crippen molar-refractivity contribution in [3.05, 3.63) is 69.6 Å². The molecule has 146 valence electrons. The minimum Gasteiger partial charge on any atom is -0.486 e. The van der Waals surface area contributed by atoms with Crippen LogP contribution in [0.25, 0.3) is 17.3 Å². The van der Waals surface area contributed by atoms with Crippen molar-refractivity contribution in [1.82, 2.24) is 4.98 Å². The number of fused-ring (bicyclic) bond motifs is 1. The summed E-state index contributed by atoms with van der Waals surface area (Å²) < 4.78 is 11.1. The molecule has 1 N–H and O–H groups in total. The summed E-state index contributed by atoms with van der Waals surface area (Å²) in [5.74, 6) is 1.05. The molecular formula is C20H15N3O5S. The largest absolute Gasteiger partial charge is 0.486 e. The molecule has 0 atom stereocenters. The summed E-state index contributed by atoms with van der Waals surface area (Å²) in [5, 5.41) is 15.7. The first-order valence-corrected chi connectivity index (χ1v) is 9.55. The number of amides is 1. The molecule has 1 amide bonds. The average molecular weight is 409 g/mol. The van der Waals surface area contributed by atoms with Crippen LogP contribution in [0.4, 0.5) is 10.8 Å². The van der Waals surface area contributed by atoms with E-state index in [0.717, 1.165) is 11.3 Å². The number of hydrogen-bond donors (Lipinski definition) is 1. The van der Waals surface area contributed by atoms with Crippen molar-refractivity contribution < 1.29 is 19.2 Å². The maximum absolute atomic E-state index is 12.1. The normalized spacial score (nSPS) is 12.7. The van der Waals surface area contributed by atoms with Gasteiger partial charge in [-0.1, -0.05) is 0 Å². The summed E-state index contributed by atoms with van der Waals surface area (Å²) in [5.41, 5.74) is 2.27. The smallest absolute Gasteiger partial charge is 0.269 e. The quantitative estimate of drug-likeness (QED) is 0.386. The number of anilines is 1. The zero-order valence-electron chi connectivity index (χ0n) is 15.0. The molecule has 1 aliphatic heterocycles. The number of carbonyl (C=O) groups excluding carboxylic acids is 1. The first kappa shape index (κ1) is 18.6. The van der Waals surface area contributed by atoms with Crippen molar-refractivity contribution in [2.24, 2.45) is 0 Å². The molecule has 0 fully saturated rings. The highest BCUT2D eigenvalue weighted by Gasteiger charge is 2.14. The maximum atomic E-state index is 12.1.